The third-order valence-electron chi connectivity index (χ3n) is 15.1. The molecule has 1 atom stereocenters. The van der Waals surface area contributed by atoms with E-state index in [1.165, 1.54) is 93.7 Å². The zero-order chi connectivity index (χ0) is 47.1. The third-order valence-corrected chi connectivity index (χ3v) is 15.1. The lowest BCUT2D eigenvalue weighted by atomic mass is 9.74. The quantitative estimate of drug-likeness (QED) is 0.151. The molecule has 70 heavy (non-hydrogen) atoms. The SMILES string of the molecule is Cc1ccc(N(c2ccc(-c3ccc4ccccc4c3)cc2)c2ccc3c(c2)c2cc(N(C4=CCC(C)C=C4)c4ccc(-c5ccc6ccccc6c5)cc4)cc4c2n3-c2ccccc2C4(C)C)cc1. The van der Waals surface area contributed by atoms with Crippen molar-refractivity contribution >= 4 is 71.8 Å². The number of benzene rings is 10. The Kier molecular flexibility index (Phi) is 9.78. The molecule has 1 aliphatic heterocycles. The van der Waals surface area contributed by atoms with Crippen LogP contribution < -0.4 is 9.80 Å². The van der Waals surface area contributed by atoms with Crippen LogP contribution in [0.2, 0.25) is 0 Å². The van der Waals surface area contributed by atoms with E-state index in [1.54, 1.807) is 0 Å². The van der Waals surface area contributed by atoms with E-state index in [0.29, 0.717) is 5.92 Å². The van der Waals surface area contributed by atoms with Crippen molar-refractivity contribution < 1.29 is 0 Å². The highest BCUT2D eigenvalue weighted by atomic mass is 15.2. The molecule has 0 bridgehead atoms. The first-order valence-corrected chi connectivity index (χ1v) is 24.7. The lowest BCUT2D eigenvalue weighted by Crippen LogP contribution is -2.27. The third kappa shape index (κ3) is 6.95. The van der Waals surface area contributed by atoms with Gasteiger partial charge in [-0.15, -0.1) is 0 Å². The van der Waals surface area contributed by atoms with Crippen LogP contribution in [0.4, 0.5) is 28.4 Å². The largest absolute Gasteiger partial charge is 0.311 e. The standard InChI is InChI=1S/C67H53N3/c1-44-17-29-54(30-18-44)68(56-33-25-48(26-34-56)52-23-21-46-11-5-7-13-50(46)39-52)58-37-38-64-60(41-58)61-42-59(43-63-66(61)70(64)65-16-10-9-15-62(65)67(63,3)4)69(55-31-19-45(2)20-32-55)57-35-27-49(28-36-57)53-24-22-47-12-6-8-14-51(47)40-53/h5-19,21-43,45H,20H2,1-4H3. The van der Waals surface area contributed by atoms with Crippen molar-refractivity contribution in [2.24, 2.45) is 5.92 Å². The van der Waals surface area contributed by atoms with Gasteiger partial charge in [0.25, 0.3) is 0 Å². The first-order valence-electron chi connectivity index (χ1n) is 24.7. The van der Waals surface area contributed by atoms with Gasteiger partial charge in [-0.3, -0.25) is 0 Å². The van der Waals surface area contributed by atoms with Crippen LogP contribution in [0.25, 0.3) is 71.3 Å². The van der Waals surface area contributed by atoms with Crippen molar-refractivity contribution in [1.29, 1.82) is 0 Å². The first-order chi connectivity index (χ1) is 34.2. The maximum absolute atomic E-state index is 2.53. The van der Waals surface area contributed by atoms with E-state index in [0.717, 1.165) is 34.9 Å². The maximum Gasteiger partial charge on any atom is 0.0583 e. The molecule has 0 saturated carbocycles. The minimum absolute atomic E-state index is 0.268. The molecule has 13 rings (SSSR count). The van der Waals surface area contributed by atoms with Gasteiger partial charge in [0.05, 0.1) is 16.7 Å². The summed E-state index contributed by atoms with van der Waals surface area (Å²) in [5, 5.41) is 7.48. The molecule has 2 heterocycles. The van der Waals surface area contributed by atoms with Gasteiger partial charge in [-0.25, -0.2) is 0 Å². The van der Waals surface area contributed by atoms with Crippen molar-refractivity contribution in [3.8, 4) is 27.9 Å². The molecule has 10 aromatic carbocycles. The molecule has 11 aromatic rings. The maximum atomic E-state index is 2.53. The molecule has 3 nitrogen and oxygen atoms in total. The molecule has 3 heteroatoms. The topological polar surface area (TPSA) is 11.4 Å². The Hall–Kier alpha value is -8.40. The van der Waals surface area contributed by atoms with Gasteiger partial charge in [0.2, 0.25) is 0 Å². The molecule has 0 N–H and O–H groups in total. The minimum Gasteiger partial charge on any atom is -0.311 e. The fourth-order valence-electron chi connectivity index (χ4n) is 11.3. The van der Waals surface area contributed by atoms with Gasteiger partial charge >= 0.3 is 0 Å². The van der Waals surface area contributed by atoms with Crippen molar-refractivity contribution in [2.45, 2.75) is 39.5 Å². The van der Waals surface area contributed by atoms with E-state index < -0.39 is 0 Å². The van der Waals surface area contributed by atoms with Gasteiger partial charge in [0, 0.05) is 50.3 Å². The molecular formula is C67H53N3. The van der Waals surface area contributed by atoms with E-state index in [-0.39, 0.29) is 5.41 Å². The van der Waals surface area contributed by atoms with Crippen LogP contribution in [0, 0.1) is 12.8 Å². The summed E-state index contributed by atoms with van der Waals surface area (Å²) in [6.07, 6.45) is 8.10. The number of allylic oxidation sites excluding steroid dienone is 3. The van der Waals surface area contributed by atoms with Gasteiger partial charge in [-0.1, -0.05) is 166 Å². The number of hydrogen-bond donors (Lipinski definition) is 0. The van der Waals surface area contributed by atoms with Crippen LogP contribution in [-0.4, -0.2) is 4.57 Å². The molecule has 1 aromatic heterocycles. The van der Waals surface area contributed by atoms with Crippen LogP contribution in [0.15, 0.2) is 236 Å². The number of fused-ring (bicyclic) bond motifs is 7. The Morgan fingerprint density at radius 3 is 1.60 bits per heavy atom. The summed E-state index contributed by atoms with van der Waals surface area (Å²) >= 11 is 0. The second-order valence-corrected chi connectivity index (χ2v) is 20.0. The molecule has 1 aliphatic carbocycles. The number of aromatic nitrogens is 1. The molecule has 1 unspecified atom stereocenters. The Bertz CT molecular complexity index is 3900. The van der Waals surface area contributed by atoms with E-state index >= 15 is 0 Å². The fraction of sp³-hybridized carbons (Fsp3) is 0.104. The zero-order valence-corrected chi connectivity index (χ0v) is 40.1. The van der Waals surface area contributed by atoms with Crippen LogP contribution in [0.3, 0.4) is 0 Å². The normalized spacial score (nSPS) is 14.8. The first kappa shape index (κ1) is 41.8. The Morgan fingerprint density at radius 2 is 0.986 bits per heavy atom. The summed E-state index contributed by atoms with van der Waals surface area (Å²) in [5.74, 6) is 0.489. The monoisotopic (exact) mass is 899 g/mol. The molecule has 0 radical (unpaired) electrons. The average Bonchev–Trinajstić information content (AvgIpc) is 3.73. The van der Waals surface area contributed by atoms with E-state index in [9.17, 15) is 0 Å². The van der Waals surface area contributed by atoms with Crippen molar-refractivity contribution in [3.05, 3.63) is 253 Å². The molecule has 2 aliphatic rings. The second kappa shape index (κ2) is 16.4. The molecule has 0 spiro atoms. The van der Waals surface area contributed by atoms with E-state index in [2.05, 4.69) is 273 Å². The van der Waals surface area contributed by atoms with Crippen LogP contribution in [0.5, 0.6) is 0 Å². The smallest absolute Gasteiger partial charge is 0.0583 e. The Balaban J connectivity index is 0.994. The number of anilines is 5. The number of hydrogen-bond acceptors (Lipinski definition) is 2. The predicted molar refractivity (Wildman–Crippen MR) is 298 cm³/mol. The highest BCUT2D eigenvalue weighted by molar-refractivity contribution is 6.14. The van der Waals surface area contributed by atoms with Gasteiger partial charge < -0.3 is 14.4 Å². The Labute approximate surface area is 410 Å². The lowest BCUT2D eigenvalue weighted by molar-refractivity contribution is 0.630. The average molecular weight is 900 g/mol. The molecular weight excluding hydrogens is 847 g/mol. The van der Waals surface area contributed by atoms with Gasteiger partial charge in [-0.05, 0) is 165 Å². The number of nitrogens with zero attached hydrogens (tertiary/aromatic N) is 3. The number of aryl methyl sites for hydroxylation is 1. The minimum atomic E-state index is -0.268. The van der Waals surface area contributed by atoms with Crippen molar-refractivity contribution in [2.75, 3.05) is 9.80 Å². The zero-order valence-electron chi connectivity index (χ0n) is 40.1. The molecule has 336 valence electrons. The van der Waals surface area contributed by atoms with Crippen LogP contribution in [-0.2, 0) is 5.41 Å². The van der Waals surface area contributed by atoms with Gasteiger partial charge in [0.15, 0.2) is 0 Å². The fourth-order valence-corrected chi connectivity index (χ4v) is 11.3. The number of rotatable bonds is 8. The van der Waals surface area contributed by atoms with Crippen molar-refractivity contribution in [1.82, 2.24) is 4.57 Å². The summed E-state index contributed by atoms with van der Waals surface area (Å²) in [4.78, 5) is 4.90. The summed E-state index contributed by atoms with van der Waals surface area (Å²) in [6.45, 7) is 9.27. The molecule has 0 saturated heterocycles. The van der Waals surface area contributed by atoms with Crippen LogP contribution in [0.1, 0.15) is 43.9 Å². The Morgan fingerprint density at radius 1 is 0.457 bits per heavy atom. The summed E-state index contributed by atoms with van der Waals surface area (Å²) < 4.78 is 2.53. The second-order valence-electron chi connectivity index (χ2n) is 20.0. The van der Waals surface area contributed by atoms with E-state index in [4.69, 9.17) is 0 Å². The summed E-state index contributed by atoms with van der Waals surface area (Å²) in [7, 11) is 0. The predicted octanol–water partition coefficient (Wildman–Crippen LogP) is 18.5. The molecule has 0 amide bonds. The van der Waals surface area contributed by atoms with Gasteiger partial charge in [-0.2, -0.15) is 0 Å². The summed E-state index contributed by atoms with van der Waals surface area (Å²) in [6, 6.07) is 79.0. The lowest BCUT2D eigenvalue weighted by Gasteiger charge is -2.36. The van der Waals surface area contributed by atoms with Gasteiger partial charge in [0.1, 0.15) is 0 Å². The highest BCUT2D eigenvalue weighted by Gasteiger charge is 2.36. The molecule has 0 fully saturated rings. The van der Waals surface area contributed by atoms with Crippen molar-refractivity contribution in [3.63, 3.8) is 0 Å². The van der Waals surface area contributed by atoms with Crippen LogP contribution >= 0.6 is 0 Å². The summed E-state index contributed by atoms with van der Waals surface area (Å²) in [5.41, 5.74) is 19.0. The number of para-hydroxylation sites is 1. The highest BCUT2D eigenvalue weighted by Crippen LogP contribution is 2.51. The van der Waals surface area contributed by atoms with E-state index in [1.807, 2.05) is 0 Å².